The summed E-state index contributed by atoms with van der Waals surface area (Å²) in [7, 11) is 0. The Morgan fingerprint density at radius 2 is 2.05 bits per heavy atom. The van der Waals surface area contributed by atoms with Gasteiger partial charge in [-0.1, -0.05) is 19.3 Å². The molecule has 19 heavy (non-hydrogen) atoms. The first kappa shape index (κ1) is 14.3. The molecule has 1 saturated heterocycles. The highest BCUT2D eigenvalue weighted by Gasteiger charge is 2.39. The van der Waals surface area contributed by atoms with Crippen molar-refractivity contribution in [3.8, 4) is 6.07 Å². The van der Waals surface area contributed by atoms with E-state index in [0.29, 0.717) is 12.6 Å². The van der Waals surface area contributed by atoms with Crippen molar-refractivity contribution in [3.05, 3.63) is 0 Å². The average molecular weight is 264 g/mol. The molecular weight excluding hydrogens is 240 g/mol. The second-order valence-corrected chi connectivity index (χ2v) is 5.79. The lowest BCUT2D eigenvalue weighted by Gasteiger charge is -2.29. The summed E-state index contributed by atoms with van der Waals surface area (Å²) in [6.45, 7) is 1.48. The number of nitriles is 1. The maximum absolute atomic E-state index is 12.2. The zero-order chi connectivity index (χ0) is 13.6. The van der Waals surface area contributed by atoms with Crippen LogP contribution in [0.15, 0.2) is 0 Å². The number of amides is 1. The van der Waals surface area contributed by atoms with Gasteiger partial charge in [-0.25, -0.2) is 0 Å². The summed E-state index contributed by atoms with van der Waals surface area (Å²) in [5.41, 5.74) is -0.758. The van der Waals surface area contributed by atoms with Gasteiger partial charge in [0.1, 0.15) is 5.41 Å². The molecule has 1 amide bonds. The second kappa shape index (κ2) is 6.91. The second-order valence-electron chi connectivity index (χ2n) is 5.79. The number of carbonyl (C=O) groups is 1. The molecule has 0 aromatic heterocycles. The highest BCUT2D eigenvalue weighted by Crippen LogP contribution is 2.35. The van der Waals surface area contributed by atoms with Crippen LogP contribution in [0.5, 0.6) is 0 Å². The van der Waals surface area contributed by atoms with Crippen LogP contribution in [0.1, 0.15) is 57.8 Å². The number of ether oxygens (including phenoxy) is 1. The maximum Gasteiger partial charge on any atom is 0.240 e. The third kappa shape index (κ3) is 3.70. The Morgan fingerprint density at radius 3 is 2.68 bits per heavy atom. The fourth-order valence-electron chi connectivity index (χ4n) is 3.10. The van der Waals surface area contributed by atoms with E-state index in [0.717, 1.165) is 58.0 Å². The lowest BCUT2D eigenvalue weighted by atomic mass is 9.74. The number of rotatable bonds is 4. The first-order chi connectivity index (χ1) is 9.27. The standard InChI is InChI=1S/C15H24N2O2/c16-12-15(8-3-1-4-9-15)14(18)17-10-7-13-6-2-5-11-19-13/h13H,1-11H2,(H,17,18). The van der Waals surface area contributed by atoms with Crippen molar-refractivity contribution in [2.75, 3.05) is 13.2 Å². The monoisotopic (exact) mass is 264 g/mol. The van der Waals surface area contributed by atoms with Crippen molar-refractivity contribution >= 4 is 5.91 Å². The van der Waals surface area contributed by atoms with Crippen molar-refractivity contribution in [1.82, 2.24) is 5.32 Å². The van der Waals surface area contributed by atoms with Crippen LogP contribution < -0.4 is 5.32 Å². The Balaban J connectivity index is 1.75. The number of hydrogen-bond acceptors (Lipinski definition) is 3. The third-order valence-corrected chi connectivity index (χ3v) is 4.38. The molecule has 1 heterocycles. The maximum atomic E-state index is 12.2. The zero-order valence-electron chi connectivity index (χ0n) is 11.6. The van der Waals surface area contributed by atoms with Crippen LogP contribution in [0.25, 0.3) is 0 Å². The van der Waals surface area contributed by atoms with Crippen molar-refractivity contribution < 1.29 is 9.53 Å². The Labute approximate surface area is 115 Å². The third-order valence-electron chi connectivity index (χ3n) is 4.38. The Morgan fingerprint density at radius 1 is 1.26 bits per heavy atom. The van der Waals surface area contributed by atoms with Gasteiger partial charge in [-0.05, 0) is 38.5 Å². The van der Waals surface area contributed by atoms with E-state index in [1.807, 2.05) is 0 Å². The molecule has 0 spiro atoms. The predicted octanol–water partition coefficient (Wildman–Crippen LogP) is 2.54. The van der Waals surface area contributed by atoms with Gasteiger partial charge in [-0.2, -0.15) is 5.26 Å². The van der Waals surface area contributed by atoms with E-state index < -0.39 is 5.41 Å². The first-order valence-electron chi connectivity index (χ1n) is 7.58. The quantitative estimate of drug-likeness (QED) is 0.848. The van der Waals surface area contributed by atoms with Crippen molar-refractivity contribution in [3.63, 3.8) is 0 Å². The van der Waals surface area contributed by atoms with Gasteiger partial charge in [0.2, 0.25) is 5.91 Å². The van der Waals surface area contributed by atoms with Gasteiger partial charge in [-0.15, -0.1) is 0 Å². The van der Waals surface area contributed by atoms with Crippen LogP contribution in [-0.2, 0) is 9.53 Å². The molecule has 4 nitrogen and oxygen atoms in total. The molecule has 1 unspecified atom stereocenters. The Bertz CT molecular complexity index is 337. The van der Waals surface area contributed by atoms with Gasteiger partial charge in [0.15, 0.2) is 0 Å². The van der Waals surface area contributed by atoms with Gasteiger partial charge < -0.3 is 10.1 Å². The van der Waals surface area contributed by atoms with Crippen molar-refractivity contribution in [2.45, 2.75) is 63.9 Å². The molecule has 1 saturated carbocycles. The molecule has 1 atom stereocenters. The summed E-state index contributed by atoms with van der Waals surface area (Å²) in [6, 6.07) is 2.26. The molecule has 1 N–H and O–H groups in total. The molecule has 1 aliphatic heterocycles. The van der Waals surface area contributed by atoms with Crippen LogP contribution in [0.2, 0.25) is 0 Å². The van der Waals surface area contributed by atoms with Crippen molar-refractivity contribution in [2.24, 2.45) is 5.41 Å². The van der Waals surface area contributed by atoms with Crippen LogP contribution in [0.4, 0.5) is 0 Å². The SMILES string of the molecule is N#CC1(C(=O)NCCC2CCCCO2)CCCCC1. The minimum Gasteiger partial charge on any atom is -0.378 e. The molecule has 1 aliphatic carbocycles. The van der Waals surface area contributed by atoms with Crippen LogP contribution in [-0.4, -0.2) is 25.2 Å². The largest absolute Gasteiger partial charge is 0.378 e. The molecule has 4 heteroatoms. The van der Waals surface area contributed by atoms with E-state index >= 15 is 0 Å². The van der Waals surface area contributed by atoms with Crippen LogP contribution >= 0.6 is 0 Å². The van der Waals surface area contributed by atoms with E-state index in [-0.39, 0.29) is 5.91 Å². The number of nitrogens with zero attached hydrogens (tertiary/aromatic N) is 1. The number of hydrogen-bond donors (Lipinski definition) is 1. The van der Waals surface area contributed by atoms with Gasteiger partial charge >= 0.3 is 0 Å². The molecule has 0 aromatic rings. The highest BCUT2D eigenvalue weighted by atomic mass is 16.5. The zero-order valence-corrected chi connectivity index (χ0v) is 11.6. The first-order valence-corrected chi connectivity index (χ1v) is 7.58. The Hall–Kier alpha value is -1.08. The molecule has 106 valence electrons. The smallest absolute Gasteiger partial charge is 0.240 e. The summed E-state index contributed by atoms with van der Waals surface area (Å²) in [6.07, 6.45) is 9.20. The summed E-state index contributed by atoms with van der Waals surface area (Å²) in [5, 5.41) is 12.3. The fourth-order valence-corrected chi connectivity index (χ4v) is 3.10. The normalized spacial score (nSPS) is 26.4. The lowest BCUT2D eigenvalue weighted by molar-refractivity contribution is -0.129. The van der Waals surface area contributed by atoms with Crippen LogP contribution in [0, 0.1) is 16.7 Å². The molecule has 2 fully saturated rings. The molecule has 0 aromatic carbocycles. The molecule has 0 radical (unpaired) electrons. The molecule has 2 rings (SSSR count). The topological polar surface area (TPSA) is 62.1 Å². The minimum absolute atomic E-state index is 0.0643. The van der Waals surface area contributed by atoms with Gasteiger partial charge in [0, 0.05) is 13.2 Å². The van der Waals surface area contributed by atoms with Gasteiger partial charge in [0.25, 0.3) is 0 Å². The summed E-state index contributed by atoms with van der Waals surface area (Å²) in [5.74, 6) is -0.0643. The summed E-state index contributed by atoms with van der Waals surface area (Å²) < 4.78 is 5.64. The van der Waals surface area contributed by atoms with E-state index in [9.17, 15) is 10.1 Å². The van der Waals surface area contributed by atoms with Crippen LogP contribution in [0.3, 0.4) is 0 Å². The predicted molar refractivity (Wildman–Crippen MR) is 72.3 cm³/mol. The van der Waals surface area contributed by atoms with E-state index in [2.05, 4.69) is 11.4 Å². The van der Waals surface area contributed by atoms with Crippen molar-refractivity contribution in [1.29, 1.82) is 5.26 Å². The molecular formula is C15H24N2O2. The fraction of sp³-hybridized carbons (Fsp3) is 0.867. The van der Waals surface area contributed by atoms with E-state index in [1.165, 1.54) is 6.42 Å². The lowest BCUT2D eigenvalue weighted by Crippen LogP contribution is -2.42. The summed E-state index contributed by atoms with van der Waals surface area (Å²) in [4.78, 5) is 12.2. The van der Waals surface area contributed by atoms with Gasteiger partial charge in [-0.3, -0.25) is 4.79 Å². The van der Waals surface area contributed by atoms with Gasteiger partial charge in [0.05, 0.1) is 12.2 Å². The van der Waals surface area contributed by atoms with E-state index in [1.54, 1.807) is 0 Å². The van der Waals surface area contributed by atoms with E-state index in [4.69, 9.17) is 4.74 Å². The highest BCUT2D eigenvalue weighted by molar-refractivity contribution is 5.85. The molecule has 2 aliphatic rings. The Kier molecular flexibility index (Phi) is 5.21. The minimum atomic E-state index is -0.758. The molecule has 0 bridgehead atoms. The number of nitrogens with one attached hydrogen (secondary N) is 1. The summed E-state index contributed by atoms with van der Waals surface area (Å²) >= 11 is 0. The number of carbonyl (C=O) groups excluding carboxylic acids is 1. The average Bonchev–Trinajstić information content (AvgIpc) is 2.49.